The van der Waals surface area contributed by atoms with Gasteiger partial charge in [-0.3, -0.25) is 4.79 Å². The molecule has 1 aromatic carbocycles. The van der Waals surface area contributed by atoms with Gasteiger partial charge < -0.3 is 16.0 Å². The molecule has 2 rings (SSSR count). The van der Waals surface area contributed by atoms with E-state index >= 15 is 0 Å². The van der Waals surface area contributed by atoms with Crippen molar-refractivity contribution in [2.45, 2.75) is 32.6 Å². The van der Waals surface area contributed by atoms with Crippen molar-refractivity contribution in [2.24, 2.45) is 0 Å². The fourth-order valence-electron chi connectivity index (χ4n) is 2.24. The zero-order valence-corrected chi connectivity index (χ0v) is 11.6. The van der Waals surface area contributed by atoms with E-state index in [2.05, 4.69) is 22.9 Å². The Hall–Kier alpha value is -1.71. The van der Waals surface area contributed by atoms with E-state index in [1.165, 1.54) is 19.3 Å². The first-order chi connectivity index (χ1) is 9.31. The number of nitrogens with one attached hydrogen (secondary N) is 3. The molecule has 104 valence electrons. The summed E-state index contributed by atoms with van der Waals surface area (Å²) in [4.78, 5) is 12.0. The number of anilines is 2. The average molecular weight is 261 g/mol. The van der Waals surface area contributed by atoms with Crippen molar-refractivity contribution in [3.63, 3.8) is 0 Å². The molecule has 19 heavy (non-hydrogen) atoms. The first kappa shape index (κ1) is 13.7. The van der Waals surface area contributed by atoms with Crippen molar-refractivity contribution >= 4 is 17.3 Å². The second kappa shape index (κ2) is 7.02. The Morgan fingerprint density at radius 1 is 1.16 bits per heavy atom. The van der Waals surface area contributed by atoms with Crippen LogP contribution in [0.4, 0.5) is 11.4 Å². The van der Waals surface area contributed by atoms with Crippen molar-refractivity contribution in [3.8, 4) is 0 Å². The van der Waals surface area contributed by atoms with E-state index in [0.717, 1.165) is 43.0 Å². The molecule has 1 amide bonds. The second-order valence-electron chi connectivity index (χ2n) is 4.93. The molecule has 0 saturated heterocycles. The first-order valence-electron chi connectivity index (χ1n) is 7.21. The van der Waals surface area contributed by atoms with Crippen molar-refractivity contribution in [1.29, 1.82) is 0 Å². The lowest BCUT2D eigenvalue weighted by Crippen LogP contribution is -2.25. The minimum atomic E-state index is 0.0201. The van der Waals surface area contributed by atoms with Gasteiger partial charge in [0.25, 0.3) is 5.91 Å². The molecule has 0 radical (unpaired) electrons. The van der Waals surface area contributed by atoms with Gasteiger partial charge in [-0.15, -0.1) is 0 Å². The highest BCUT2D eigenvalue weighted by atomic mass is 16.1. The molecular weight excluding hydrogens is 238 g/mol. The Morgan fingerprint density at radius 2 is 1.95 bits per heavy atom. The third kappa shape index (κ3) is 3.88. The third-order valence-electron chi connectivity index (χ3n) is 3.35. The maximum Gasteiger partial charge on any atom is 0.251 e. The van der Waals surface area contributed by atoms with Gasteiger partial charge >= 0.3 is 0 Å². The molecule has 0 aliphatic carbocycles. The summed E-state index contributed by atoms with van der Waals surface area (Å²) in [5, 5.41) is 9.58. The minimum absolute atomic E-state index is 0.0201. The Morgan fingerprint density at radius 3 is 2.74 bits per heavy atom. The van der Waals surface area contributed by atoms with E-state index in [4.69, 9.17) is 0 Å². The number of carbonyl (C=O) groups excluding carboxylic acids is 1. The van der Waals surface area contributed by atoms with Crippen LogP contribution in [-0.2, 0) is 0 Å². The predicted molar refractivity (Wildman–Crippen MR) is 79.9 cm³/mol. The van der Waals surface area contributed by atoms with Crippen molar-refractivity contribution in [1.82, 2.24) is 5.32 Å². The van der Waals surface area contributed by atoms with Crippen molar-refractivity contribution in [2.75, 3.05) is 30.3 Å². The highest BCUT2D eigenvalue weighted by molar-refractivity contribution is 5.96. The standard InChI is InChI=1S/C15H23N3O/c1-2-3-4-5-8-18-15(19)12-6-7-13-14(11-12)17-10-9-16-13/h6-7,11,16-17H,2-5,8-10H2,1H3,(H,18,19). The average Bonchev–Trinajstić information content (AvgIpc) is 2.46. The number of fused-ring (bicyclic) bond motifs is 1. The summed E-state index contributed by atoms with van der Waals surface area (Å²) in [6.45, 7) is 4.78. The molecule has 4 heteroatoms. The van der Waals surface area contributed by atoms with Crippen LogP contribution in [0.3, 0.4) is 0 Å². The number of amides is 1. The van der Waals surface area contributed by atoms with Crippen LogP contribution in [0.2, 0.25) is 0 Å². The monoisotopic (exact) mass is 261 g/mol. The lowest BCUT2D eigenvalue weighted by Gasteiger charge is -2.20. The van der Waals surface area contributed by atoms with Crippen LogP contribution in [-0.4, -0.2) is 25.5 Å². The predicted octanol–water partition coefficient (Wildman–Crippen LogP) is 2.83. The van der Waals surface area contributed by atoms with Crippen LogP contribution in [0.5, 0.6) is 0 Å². The summed E-state index contributed by atoms with van der Waals surface area (Å²) in [7, 11) is 0. The van der Waals surface area contributed by atoms with Crippen LogP contribution in [0.1, 0.15) is 43.0 Å². The normalized spacial score (nSPS) is 13.1. The fourth-order valence-corrected chi connectivity index (χ4v) is 2.24. The SMILES string of the molecule is CCCCCCNC(=O)c1ccc2c(c1)NCCN2. The lowest BCUT2D eigenvalue weighted by molar-refractivity contribution is 0.0953. The van der Waals surface area contributed by atoms with E-state index in [0.29, 0.717) is 0 Å². The second-order valence-corrected chi connectivity index (χ2v) is 4.93. The number of hydrogen-bond donors (Lipinski definition) is 3. The van der Waals surface area contributed by atoms with Gasteiger partial charge in [0.1, 0.15) is 0 Å². The Kier molecular flexibility index (Phi) is 5.07. The zero-order chi connectivity index (χ0) is 13.5. The Balaban J connectivity index is 1.85. The molecule has 3 N–H and O–H groups in total. The molecule has 0 unspecified atom stereocenters. The maximum atomic E-state index is 12.0. The topological polar surface area (TPSA) is 53.2 Å². The molecule has 0 aromatic heterocycles. The van der Waals surface area contributed by atoms with E-state index in [9.17, 15) is 4.79 Å². The molecular formula is C15H23N3O. The van der Waals surface area contributed by atoms with E-state index in [1.54, 1.807) is 0 Å². The van der Waals surface area contributed by atoms with Gasteiger partial charge in [0.2, 0.25) is 0 Å². The quantitative estimate of drug-likeness (QED) is 0.690. The number of rotatable bonds is 6. The van der Waals surface area contributed by atoms with Crippen LogP contribution < -0.4 is 16.0 Å². The number of benzene rings is 1. The van der Waals surface area contributed by atoms with Gasteiger partial charge in [0, 0.05) is 25.2 Å². The van der Waals surface area contributed by atoms with E-state index < -0.39 is 0 Å². The molecule has 1 aliphatic rings. The lowest BCUT2D eigenvalue weighted by atomic mass is 10.1. The zero-order valence-electron chi connectivity index (χ0n) is 11.6. The largest absolute Gasteiger partial charge is 0.382 e. The maximum absolute atomic E-state index is 12.0. The van der Waals surface area contributed by atoms with Crippen LogP contribution in [0, 0.1) is 0 Å². The van der Waals surface area contributed by atoms with Gasteiger partial charge in [-0.1, -0.05) is 26.2 Å². The summed E-state index contributed by atoms with van der Waals surface area (Å²) < 4.78 is 0. The first-order valence-corrected chi connectivity index (χ1v) is 7.21. The molecule has 0 atom stereocenters. The van der Waals surface area contributed by atoms with Gasteiger partial charge in [-0.2, -0.15) is 0 Å². The third-order valence-corrected chi connectivity index (χ3v) is 3.35. The molecule has 1 aromatic rings. The molecule has 4 nitrogen and oxygen atoms in total. The highest BCUT2D eigenvalue weighted by Crippen LogP contribution is 2.25. The molecule has 0 spiro atoms. The molecule has 1 heterocycles. The molecule has 0 bridgehead atoms. The van der Waals surface area contributed by atoms with Gasteiger partial charge in [-0.25, -0.2) is 0 Å². The van der Waals surface area contributed by atoms with E-state index in [1.807, 2.05) is 18.2 Å². The van der Waals surface area contributed by atoms with Crippen LogP contribution >= 0.6 is 0 Å². The summed E-state index contributed by atoms with van der Waals surface area (Å²) in [5.41, 5.74) is 2.82. The molecule has 0 saturated carbocycles. The fraction of sp³-hybridized carbons (Fsp3) is 0.533. The smallest absolute Gasteiger partial charge is 0.251 e. The highest BCUT2D eigenvalue weighted by Gasteiger charge is 2.11. The molecule has 0 fully saturated rings. The summed E-state index contributed by atoms with van der Waals surface area (Å²) >= 11 is 0. The van der Waals surface area contributed by atoms with Gasteiger partial charge in [0.05, 0.1) is 11.4 Å². The minimum Gasteiger partial charge on any atom is -0.382 e. The number of carbonyl (C=O) groups is 1. The summed E-state index contributed by atoms with van der Waals surface area (Å²) in [6.07, 6.45) is 4.71. The van der Waals surface area contributed by atoms with Crippen molar-refractivity contribution < 1.29 is 4.79 Å². The molecule has 1 aliphatic heterocycles. The van der Waals surface area contributed by atoms with E-state index in [-0.39, 0.29) is 5.91 Å². The van der Waals surface area contributed by atoms with Crippen molar-refractivity contribution in [3.05, 3.63) is 23.8 Å². The Labute approximate surface area is 115 Å². The van der Waals surface area contributed by atoms with Crippen LogP contribution in [0.25, 0.3) is 0 Å². The summed E-state index contributed by atoms with van der Waals surface area (Å²) in [5.74, 6) is 0.0201. The van der Waals surface area contributed by atoms with Gasteiger partial charge in [-0.05, 0) is 24.6 Å². The van der Waals surface area contributed by atoms with Gasteiger partial charge in [0.15, 0.2) is 0 Å². The Bertz CT molecular complexity index is 431. The number of unbranched alkanes of at least 4 members (excludes halogenated alkanes) is 3. The van der Waals surface area contributed by atoms with Crippen LogP contribution in [0.15, 0.2) is 18.2 Å². The summed E-state index contributed by atoms with van der Waals surface area (Å²) in [6, 6.07) is 5.76. The number of hydrogen-bond acceptors (Lipinski definition) is 3.